The van der Waals surface area contributed by atoms with Gasteiger partial charge in [0, 0.05) is 5.56 Å². The SMILES string of the molecule is O=C(CBr)Nc1nnc(-c2ccccc2Cl)s1. The van der Waals surface area contributed by atoms with Gasteiger partial charge in [0.05, 0.1) is 10.4 Å². The Kier molecular flexibility index (Phi) is 4.09. The van der Waals surface area contributed by atoms with E-state index in [0.29, 0.717) is 15.2 Å². The lowest BCUT2D eigenvalue weighted by atomic mass is 10.2. The number of nitrogens with one attached hydrogen (secondary N) is 1. The van der Waals surface area contributed by atoms with Gasteiger partial charge >= 0.3 is 0 Å². The lowest BCUT2D eigenvalue weighted by molar-refractivity contribution is -0.113. The quantitative estimate of drug-likeness (QED) is 0.878. The van der Waals surface area contributed by atoms with Gasteiger partial charge in [0.15, 0.2) is 5.01 Å². The third-order valence-corrected chi connectivity index (χ3v) is 3.61. The predicted octanol–water partition coefficient (Wildman–Crippen LogP) is 3.19. The van der Waals surface area contributed by atoms with Gasteiger partial charge in [-0.3, -0.25) is 10.1 Å². The Morgan fingerprint density at radius 2 is 2.18 bits per heavy atom. The van der Waals surface area contributed by atoms with Crippen LogP contribution in [0.1, 0.15) is 0 Å². The maximum atomic E-state index is 11.1. The predicted molar refractivity (Wildman–Crippen MR) is 72.8 cm³/mol. The highest BCUT2D eigenvalue weighted by molar-refractivity contribution is 9.09. The van der Waals surface area contributed by atoms with E-state index in [1.807, 2.05) is 18.2 Å². The van der Waals surface area contributed by atoms with Gasteiger partial charge in [-0.1, -0.05) is 57.1 Å². The third kappa shape index (κ3) is 3.02. The van der Waals surface area contributed by atoms with Crippen LogP contribution >= 0.6 is 38.9 Å². The molecule has 0 aliphatic rings. The minimum Gasteiger partial charge on any atom is -0.300 e. The van der Waals surface area contributed by atoms with Crippen molar-refractivity contribution in [3.05, 3.63) is 29.3 Å². The van der Waals surface area contributed by atoms with Crippen molar-refractivity contribution in [2.75, 3.05) is 10.6 Å². The Balaban J connectivity index is 2.24. The van der Waals surface area contributed by atoms with Gasteiger partial charge in [-0.15, -0.1) is 10.2 Å². The van der Waals surface area contributed by atoms with Crippen molar-refractivity contribution >= 4 is 49.9 Å². The molecule has 1 heterocycles. The van der Waals surface area contributed by atoms with Crippen LogP contribution in [0.25, 0.3) is 10.6 Å². The summed E-state index contributed by atoms with van der Waals surface area (Å²) in [5.74, 6) is -0.160. The van der Waals surface area contributed by atoms with Crippen molar-refractivity contribution in [1.29, 1.82) is 0 Å². The zero-order valence-electron chi connectivity index (χ0n) is 8.48. The van der Waals surface area contributed by atoms with Gasteiger partial charge in [-0.05, 0) is 6.07 Å². The number of benzene rings is 1. The first-order chi connectivity index (χ1) is 8.20. The fourth-order valence-corrected chi connectivity index (χ4v) is 2.39. The molecule has 0 saturated heterocycles. The van der Waals surface area contributed by atoms with E-state index in [0.717, 1.165) is 5.56 Å². The molecule has 0 bridgehead atoms. The molecule has 88 valence electrons. The van der Waals surface area contributed by atoms with Gasteiger partial charge in [0.2, 0.25) is 11.0 Å². The van der Waals surface area contributed by atoms with Crippen molar-refractivity contribution in [1.82, 2.24) is 10.2 Å². The maximum Gasteiger partial charge on any atom is 0.236 e. The van der Waals surface area contributed by atoms with Crippen LogP contribution in [0.5, 0.6) is 0 Å². The van der Waals surface area contributed by atoms with Crippen LogP contribution in [-0.2, 0) is 4.79 Å². The molecule has 17 heavy (non-hydrogen) atoms. The first-order valence-electron chi connectivity index (χ1n) is 4.65. The molecule has 0 radical (unpaired) electrons. The third-order valence-electron chi connectivity index (χ3n) is 1.90. The Morgan fingerprint density at radius 3 is 2.88 bits per heavy atom. The van der Waals surface area contributed by atoms with Gasteiger partial charge in [-0.25, -0.2) is 0 Å². The summed E-state index contributed by atoms with van der Waals surface area (Å²) in [5, 5.41) is 12.5. The summed E-state index contributed by atoms with van der Waals surface area (Å²) in [4.78, 5) is 11.1. The van der Waals surface area contributed by atoms with Gasteiger partial charge in [-0.2, -0.15) is 0 Å². The van der Waals surface area contributed by atoms with Crippen LogP contribution in [0.4, 0.5) is 5.13 Å². The molecule has 7 heteroatoms. The summed E-state index contributed by atoms with van der Waals surface area (Å²) in [6, 6.07) is 7.37. The average Bonchev–Trinajstić information content (AvgIpc) is 2.78. The zero-order valence-corrected chi connectivity index (χ0v) is 11.6. The number of carbonyl (C=O) groups excluding carboxylic acids is 1. The highest BCUT2D eigenvalue weighted by Crippen LogP contribution is 2.31. The molecule has 4 nitrogen and oxygen atoms in total. The standard InChI is InChI=1S/C10H7BrClN3OS/c11-5-8(16)13-10-15-14-9(17-10)6-3-1-2-4-7(6)12/h1-4H,5H2,(H,13,15,16). The molecule has 2 rings (SSSR count). The van der Waals surface area contributed by atoms with Crippen molar-refractivity contribution in [2.24, 2.45) is 0 Å². The van der Waals surface area contributed by atoms with E-state index in [-0.39, 0.29) is 11.2 Å². The van der Waals surface area contributed by atoms with Crippen LogP contribution in [0, 0.1) is 0 Å². The number of hydrogen-bond acceptors (Lipinski definition) is 4. The Labute approximate surface area is 115 Å². The lowest BCUT2D eigenvalue weighted by Gasteiger charge is -1.97. The van der Waals surface area contributed by atoms with E-state index in [9.17, 15) is 4.79 Å². The molecule has 0 spiro atoms. The lowest BCUT2D eigenvalue weighted by Crippen LogP contribution is -2.11. The zero-order chi connectivity index (χ0) is 12.3. The first-order valence-corrected chi connectivity index (χ1v) is 6.96. The van der Waals surface area contributed by atoms with E-state index in [1.165, 1.54) is 11.3 Å². The van der Waals surface area contributed by atoms with Crippen LogP contribution in [0.2, 0.25) is 5.02 Å². The summed E-state index contributed by atoms with van der Waals surface area (Å²) in [7, 11) is 0. The summed E-state index contributed by atoms with van der Waals surface area (Å²) < 4.78 is 0. The number of rotatable bonds is 3. The molecule has 0 atom stereocenters. The topological polar surface area (TPSA) is 54.9 Å². The summed E-state index contributed by atoms with van der Waals surface area (Å²) >= 11 is 10.4. The molecular weight excluding hydrogens is 326 g/mol. The van der Waals surface area contributed by atoms with E-state index in [4.69, 9.17) is 11.6 Å². The second-order valence-electron chi connectivity index (χ2n) is 3.07. The molecule has 1 aromatic carbocycles. The highest BCUT2D eigenvalue weighted by Gasteiger charge is 2.10. The van der Waals surface area contributed by atoms with E-state index in [2.05, 4.69) is 31.4 Å². The number of halogens is 2. The van der Waals surface area contributed by atoms with Crippen molar-refractivity contribution in [2.45, 2.75) is 0 Å². The molecule has 0 unspecified atom stereocenters. The smallest absolute Gasteiger partial charge is 0.236 e. The van der Waals surface area contributed by atoms with Crippen molar-refractivity contribution in [3.63, 3.8) is 0 Å². The molecule has 0 saturated carbocycles. The Morgan fingerprint density at radius 1 is 1.41 bits per heavy atom. The number of anilines is 1. The monoisotopic (exact) mass is 331 g/mol. The van der Waals surface area contributed by atoms with Crippen molar-refractivity contribution < 1.29 is 4.79 Å². The summed E-state index contributed by atoms with van der Waals surface area (Å²) in [6.07, 6.45) is 0. The number of nitrogens with zero attached hydrogens (tertiary/aromatic N) is 2. The van der Waals surface area contributed by atoms with E-state index < -0.39 is 0 Å². The van der Waals surface area contributed by atoms with Crippen molar-refractivity contribution in [3.8, 4) is 10.6 Å². The fourth-order valence-electron chi connectivity index (χ4n) is 1.17. The first kappa shape index (κ1) is 12.5. The van der Waals surface area contributed by atoms with Crippen LogP contribution < -0.4 is 5.32 Å². The second-order valence-corrected chi connectivity index (χ2v) is 5.02. The van der Waals surface area contributed by atoms with Crippen LogP contribution in [0.15, 0.2) is 24.3 Å². The number of amides is 1. The van der Waals surface area contributed by atoms with Crippen LogP contribution in [-0.4, -0.2) is 21.4 Å². The van der Waals surface area contributed by atoms with Crippen LogP contribution in [0.3, 0.4) is 0 Å². The second kappa shape index (κ2) is 5.57. The number of hydrogen-bond donors (Lipinski definition) is 1. The number of aromatic nitrogens is 2. The summed E-state index contributed by atoms with van der Waals surface area (Å²) in [6.45, 7) is 0. The van der Waals surface area contributed by atoms with Gasteiger partial charge in [0.25, 0.3) is 0 Å². The molecular formula is C10H7BrClN3OS. The molecule has 1 N–H and O–H groups in total. The minimum absolute atomic E-state index is 0.160. The maximum absolute atomic E-state index is 11.1. The van der Waals surface area contributed by atoms with E-state index >= 15 is 0 Å². The number of alkyl halides is 1. The molecule has 2 aromatic rings. The molecule has 0 aliphatic carbocycles. The Bertz CT molecular complexity index is 546. The average molecular weight is 333 g/mol. The van der Waals surface area contributed by atoms with Gasteiger partial charge in [0.1, 0.15) is 0 Å². The Hall–Kier alpha value is -0.980. The highest BCUT2D eigenvalue weighted by atomic mass is 79.9. The minimum atomic E-state index is -0.160. The normalized spacial score (nSPS) is 10.2. The van der Waals surface area contributed by atoms with Gasteiger partial charge < -0.3 is 0 Å². The largest absolute Gasteiger partial charge is 0.300 e. The summed E-state index contributed by atoms with van der Waals surface area (Å²) in [5.41, 5.74) is 0.811. The van der Waals surface area contributed by atoms with E-state index in [1.54, 1.807) is 6.07 Å². The number of carbonyl (C=O) groups is 1. The fraction of sp³-hybridized carbons (Fsp3) is 0.100. The molecule has 1 aromatic heterocycles. The molecule has 1 amide bonds. The molecule has 0 fully saturated rings. The molecule has 0 aliphatic heterocycles.